The van der Waals surface area contributed by atoms with Crippen molar-refractivity contribution >= 4 is 5.91 Å². The number of para-hydroxylation sites is 1. The Labute approximate surface area is 177 Å². The van der Waals surface area contributed by atoms with Gasteiger partial charge in [0.1, 0.15) is 22.9 Å². The molecule has 0 radical (unpaired) electrons. The molecule has 1 aliphatic rings. The van der Waals surface area contributed by atoms with E-state index in [-0.39, 0.29) is 24.0 Å². The number of ether oxygens (including phenoxy) is 1. The number of nitrogens with one attached hydrogen (secondary N) is 1. The molecule has 8 heteroatoms. The molecule has 31 heavy (non-hydrogen) atoms. The lowest BCUT2D eigenvalue weighted by Crippen LogP contribution is -2.29. The number of methoxy groups -OCH3 is 1. The van der Waals surface area contributed by atoms with Gasteiger partial charge in [0.25, 0.3) is 5.91 Å². The predicted octanol–water partition coefficient (Wildman–Crippen LogP) is 3.83. The molecule has 1 aliphatic heterocycles. The second kappa shape index (κ2) is 7.24. The molecule has 0 saturated heterocycles. The second-order valence-electron chi connectivity index (χ2n) is 7.22. The molecule has 4 aromatic rings. The van der Waals surface area contributed by atoms with Crippen molar-refractivity contribution in [3.05, 3.63) is 83.4 Å². The van der Waals surface area contributed by atoms with Crippen LogP contribution in [0, 0.1) is 0 Å². The van der Waals surface area contributed by atoms with Gasteiger partial charge in [-0.25, -0.2) is 0 Å². The van der Waals surface area contributed by atoms with Gasteiger partial charge in [0.2, 0.25) is 0 Å². The Morgan fingerprint density at radius 3 is 2.71 bits per heavy atom. The predicted molar refractivity (Wildman–Crippen MR) is 111 cm³/mol. The van der Waals surface area contributed by atoms with E-state index >= 15 is 0 Å². The minimum absolute atomic E-state index is 0.00139. The summed E-state index contributed by atoms with van der Waals surface area (Å²) in [6.45, 7) is 0.239. The Balaban J connectivity index is 1.70. The summed E-state index contributed by atoms with van der Waals surface area (Å²) in [6.07, 6.45) is 1.56. The first kappa shape index (κ1) is 18.8. The highest BCUT2D eigenvalue weighted by Gasteiger charge is 2.43. The quantitative estimate of drug-likeness (QED) is 0.455. The minimum atomic E-state index is -0.532. The first-order chi connectivity index (χ1) is 15.1. The van der Waals surface area contributed by atoms with Gasteiger partial charge >= 0.3 is 0 Å². The zero-order valence-electron chi connectivity index (χ0n) is 16.6. The number of aromatic nitrogens is 2. The molecular weight excluding hydrogens is 398 g/mol. The second-order valence-corrected chi connectivity index (χ2v) is 7.22. The third kappa shape index (κ3) is 3.00. The number of benzene rings is 2. The molecule has 0 unspecified atom stereocenters. The van der Waals surface area contributed by atoms with E-state index in [1.165, 1.54) is 13.2 Å². The van der Waals surface area contributed by atoms with Gasteiger partial charge in [-0.1, -0.05) is 18.2 Å². The van der Waals surface area contributed by atoms with Crippen molar-refractivity contribution in [3.8, 4) is 28.5 Å². The zero-order chi connectivity index (χ0) is 21.5. The number of aromatic amines is 1. The molecule has 0 spiro atoms. The normalized spacial score (nSPS) is 15.3. The van der Waals surface area contributed by atoms with Crippen molar-refractivity contribution in [1.29, 1.82) is 0 Å². The molecular formula is C23H19N3O5. The van der Waals surface area contributed by atoms with Crippen LogP contribution in [0.25, 0.3) is 11.3 Å². The van der Waals surface area contributed by atoms with E-state index in [1.807, 2.05) is 0 Å². The number of carbonyl (C=O) groups is 1. The van der Waals surface area contributed by atoms with Gasteiger partial charge < -0.3 is 24.3 Å². The number of phenolic OH excluding ortho intramolecular Hbond substituents is 2. The topological polar surface area (TPSA) is 112 Å². The summed E-state index contributed by atoms with van der Waals surface area (Å²) in [7, 11) is 1.47. The van der Waals surface area contributed by atoms with Crippen LogP contribution in [0.1, 0.15) is 33.4 Å². The number of fused-ring (bicyclic) bond motifs is 1. The molecule has 0 aliphatic carbocycles. The molecule has 2 aromatic heterocycles. The highest BCUT2D eigenvalue weighted by atomic mass is 16.5. The largest absolute Gasteiger partial charge is 0.507 e. The third-order valence-electron chi connectivity index (χ3n) is 5.45. The summed E-state index contributed by atoms with van der Waals surface area (Å²) in [4.78, 5) is 15.0. The maximum Gasteiger partial charge on any atom is 0.273 e. The number of H-pyrrole nitrogens is 1. The molecule has 3 heterocycles. The lowest BCUT2D eigenvalue weighted by Gasteiger charge is -2.26. The molecule has 0 fully saturated rings. The van der Waals surface area contributed by atoms with E-state index in [9.17, 15) is 15.0 Å². The van der Waals surface area contributed by atoms with Crippen LogP contribution < -0.4 is 4.74 Å². The van der Waals surface area contributed by atoms with Crippen LogP contribution in [0.15, 0.2) is 65.3 Å². The van der Waals surface area contributed by atoms with Gasteiger partial charge in [0.05, 0.1) is 26.0 Å². The van der Waals surface area contributed by atoms with Gasteiger partial charge in [-0.2, -0.15) is 5.10 Å². The van der Waals surface area contributed by atoms with Gasteiger partial charge in [0.15, 0.2) is 11.5 Å². The number of hydrogen-bond donors (Lipinski definition) is 3. The van der Waals surface area contributed by atoms with E-state index in [0.717, 1.165) is 5.56 Å². The average molecular weight is 417 g/mol. The smallest absolute Gasteiger partial charge is 0.273 e. The zero-order valence-corrected chi connectivity index (χ0v) is 16.6. The fourth-order valence-corrected chi connectivity index (χ4v) is 4.02. The van der Waals surface area contributed by atoms with Gasteiger partial charge in [-0.15, -0.1) is 0 Å². The third-order valence-corrected chi connectivity index (χ3v) is 5.45. The number of hydrogen-bond acceptors (Lipinski definition) is 6. The molecule has 1 amide bonds. The van der Waals surface area contributed by atoms with Gasteiger partial charge in [0, 0.05) is 11.1 Å². The Kier molecular flexibility index (Phi) is 4.39. The molecule has 5 rings (SSSR count). The number of furan rings is 1. The van der Waals surface area contributed by atoms with Crippen LogP contribution in [-0.4, -0.2) is 38.3 Å². The summed E-state index contributed by atoms with van der Waals surface area (Å²) in [6, 6.07) is 14.8. The van der Waals surface area contributed by atoms with Crippen molar-refractivity contribution in [2.24, 2.45) is 0 Å². The average Bonchev–Trinajstić information content (AvgIpc) is 3.49. The number of rotatable bonds is 5. The summed E-state index contributed by atoms with van der Waals surface area (Å²) >= 11 is 0. The summed E-state index contributed by atoms with van der Waals surface area (Å²) < 4.78 is 10.8. The molecule has 1 atom stereocenters. The van der Waals surface area contributed by atoms with Crippen LogP contribution in [0.5, 0.6) is 17.2 Å². The van der Waals surface area contributed by atoms with Crippen molar-refractivity contribution in [1.82, 2.24) is 15.1 Å². The number of amides is 1. The standard InChI is InChI=1S/C23H19N3O5/c1-30-18-11-13(8-9-17(18)28)22-19-20(15-6-2-3-7-16(15)27)24-25-21(19)23(29)26(22)12-14-5-4-10-31-14/h2-11,22,27-28H,12H2,1H3,(H,24,25)/t22-/m1/s1. The fourth-order valence-electron chi connectivity index (χ4n) is 4.02. The summed E-state index contributed by atoms with van der Waals surface area (Å²) in [5.41, 5.74) is 2.72. The van der Waals surface area contributed by atoms with Crippen molar-refractivity contribution in [2.45, 2.75) is 12.6 Å². The van der Waals surface area contributed by atoms with Gasteiger partial charge in [-0.05, 0) is 42.0 Å². The highest BCUT2D eigenvalue weighted by molar-refractivity contribution is 6.00. The van der Waals surface area contributed by atoms with Crippen LogP contribution in [0.2, 0.25) is 0 Å². The van der Waals surface area contributed by atoms with Crippen LogP contribution in [0.3, 0.4) is 0 Å². The Hall–Kier alpha value is -4.20. The molecule has 0 saturated carbocycles. The fraction of sp³-hybridized carbons (Fsp3) is 0.130. The SMILES string of the molecule is COc1cc([C@@H]2c3c(-c4ccccc4O)n[nH]c3C(=O)N2Cc2ccco2)ccc1O. The number of aromatic hydroxyl groups is 2. The van der Waals surface area contributed by atoms with Crippen LogP contribution >= 0.6 is 0 Å². The van der Waals surface area contributed by atoms with E-state index < -0.39 is 6.04 Å². The van der Waals surface area contributed by atoms with Crippen molar-refractivity contribution < 1.29 is 24.2 Å². The molecule has 156 valence electrons. The first-order valence-corrected chi connectivity index (χ1v) is 9.65. The summed E-state index contributed by atoms with van der Waals surface area (Å²) in [5.74, 6) is 0.755. The van der Waals surface area contributed by atoms with E-state index in [0.29, 0.717) is 34.0 Å². The number of nitrogens with zero attached hydrogens (tertiary/aromatic N) is 2. The Morgan fingerprint density at radius 2 is 1.97 bits per heavy atom. The Morgan fingerprint density at radius 1 is 1.13 bits per heavy atom. The highest BCUT2D eigenvalue weighted by Crippen LogP contribution is 2.46. The van der Waals surface area contributed by atoms with Crippen LogP contribution in [-0.2, 0) is 6.54 Å². The molecule has 3 N–H and O–H groups in total. The van der Waals surface area contributed by atoms with Crippen molar-refractivity contribution in [2.75, 3.05) is 7.11 Å². The van der Waals surface area contributed by atoms with E-state index in [2.05, 4.69) is 10.2 Å². The lowest BCUT2D eigenvalue weighted by molar-refractivity contribution is 0.0717. The van der Waals surface area contributed by atoms with Gasteiger partial charge in [-0.3, -0.25) is 9.89 Å². The number of phenols is 2. The Bertz CT molecular complexity index is 1260. The monoisotopic (exact) mass is 417 g/mol. The maximum atomic E-state index is 13.3. The van der Waals surface area contributed by atoms with Crippen LogP contribution in [0.4, 0.5) is 0 Å². The molecule has 0 bridgehead atoms. The first-order valence-electron chi connectivity index (χ1n) is 9.65. The summed E-state index contributed by atoms with van der Waals surface area (Å²) in [5, 5.41) is 27.7. The molecule has 2 aromatic carbocycles. The maximum absolute atomic E-state index is 13.3. The number of carbonyl (C=O) groups excluding carboxylic acids is 1. The lowest BCUT2D eigenvalue weighted by atomic mass is 9.95. The molecule has 8 nitrogen and oxygen atoms in total. The van der Waals surface area contributed by atoms with Crippen molar-refractivity contribution in [3.63, 3.8) is 0 Å². The minimum Gasteiger partial charge on any atom is -0.507 e. The van der Waals surface area contributed by atoms with E-state index in [4.69, 9.17) is 9.15 Å². The van der Waals surface area contributed by atoms with E-state index in [1.54, 1.807) is 59.7 Å².